The number of anilines is 1. The zero-order chi connectivity index (χ0) is 18.7. The van der Waals surface area contributed by atoms with Crippen LogP contribution in [-0.4, -0.2) is 49.5 Å². The van der Waals surface area contributed by atoms with Gasteiger partial charge in [0.05, 0.1) is 5.69 Å². The van der Waals surface area contributed by atoms with Gasteiger partial charge in [0.1, 0.15) is 5.41 Å². The number of hydrogen-bond acceptors (Lipinski definition) is 3. The molecule has 0 spiro atoms. The van der Waals surface area contributed by atoms with Crippen LogP contribution in [-0.2, 0) is 10.2 Å². The Morgan fingerprint density at radius 1 is 0.923 bits per heavy atom. The minimum absolute atomic E-state index is 0.141. The number of benzene rings is 2. The highest BCUT2D eigenvalue weighted by Crippen LogP contribution is 2.48. The third-order valence-electron chi connectivity index (χ3n) is 5.51. The lowest BCUT2D eigenvalue weighted by molar-refractivity contribution is -0.124. The molecule has 0 saturated carbocycles. The number of fused-ring (bicyclic) bond motifs is 1. The van der Waals surface area contributed by atoms with Crippen LogP contribution in [0.4, 0.5) is 5.69 Å². The monoisotopic (exact) mass is 351 g/mol. The van der Waals surface area contributed by atoms with Gasteiger partial charge < -0.3 is 4.90 Å². The van der Waals surface area contributed by atoms with Crippen LogP contribution in [0.25, 0.3) is 0 Å². The van der Waals surface area contributed by atoms with Crippen LogP contribution in [0, 0.1) is 0 Å². The molecule has 1 unspecified atom stereocenters. The highest BCUT2D eigenvalue weighted by atomic mass is 16.2. The van der Waals surface area contributed by atoms with Crippen molar-refractivity contribution in [3.05, 3.63) is 65.7 Å². The number of amides is 1. The molecule has 3 rings (SSSR count). The summed E-state index contributed by atoms with van der Waals surface area (Å²) >= 11 is 0. The van der Waals surface area contributed by atoms with Crippen molar-refractivity contribution < 1.29 is 4.79 Å². The molecule has 2 aromatic rings. The third kappa shape index (κ3) is 2.93. The Morgan fingerprint density at radius 3 is 2.15 bits per heavy atom. The van der Waals surface area contributed by atoms with Gasteiger partial charge in [0.15, 0.2) is 0 Å². The molecule has 1 atom stereocenters. The van der Waals surface area contributed by atoms with E-state index in [1.54, 1.807) is 0 Å². The van der Waals surface area contributed by atoms with E-state index >= 15 is 0 Å². The van der Waals surface area contributed by atoms with E-state index in [-0.39, 0.29) is 5.91 Å². The smallest absolute Gasteiger partial charge is 0.256 e. The number of hydrazine groups is 1. The van der Waals surface area contributed by atoms with Crippen molar-refractivity contribution in [2.75, 3.05) is 38.7 Å². The molecular formula is C22H29N3O. The van der Waals surface area contributed by atoms with E-state index in [2.05, 4.69) is 43.0 Å². The fraction of sp³-hybridized carbons (Fsp3) is 0.409. The van der Waals surface area contributed by atoms with Crippen LogP contribution in [0.1, 0.15) is 31.4 Å². The van der Waals surface area contributed by atoms with E-state index in [9.17, 15) is 4.79 Å². The van der Waals surface area contributed by atoms with Crippen molar-refractivity contribution >= 4 is 11.6 Å². The van der Waals surface area contributed by atoms with Crippen molar-refractivity contribution in [3.8, 4) is 0 Å². The quantitative estimate of drug-likeness (QED) is 0.763. The Hall–Kier alpha value is -2.17. The summed E-state index contributed by atoms with van der Waals surface area (Å²) in [5.74, 6) is 0.141. The lowest BCUT2D eigenvalue weighted by atomic mass is 9.72. The molecule has 0 radical (unpaired) electrons. The molecule has 0 saturated heterocycles. The zero-order valence-corrected chi connectivity index (χ0v) is 16.3. The summed E-state index contributed by atoms with van der Waals surface area (Å²) < 4.78 is 0. The highest BCUT2D eigenvalue weighted by molar-refractivity contribution is 6.09. The predicted octanol–water partition coefficient (Wildman–Crippen LogP) is 3.53. The number of carbonyl (C=O) groups is 1. The second kappa shape index (κ2) is 7.60. The summed E-state index contributed by atoms with van der Waals surface area (Å²) in [6.45, 7) is 7.23. The first-order valence-electron chi connectivity index (χ1n) is 9.45. The first kappa shape index (κ1) is 18.6. The summed E-state index contributed by atoms with van der Waals surface area (Å²) in [6.07, 6.45) is 0.777. The Labute approximate surface area is 157 Å². The normalized spacial score (nSPS) is 19.5. The SMILES string of the molecule is CCN(CC)CCC1(c2ccccc2)C(=O)N(N(C)C)c2ccccc21. The van der Waals surface area contributed by atoms with E-state index < -0.39 is 5.41 Å². The Balaban J connectivity index is 2.16. The van der Waals surface area contributed by atoms with Gasteiger partial charge in [-0.05, 0) is 43.2 Å². The van der Waals surface area contributed by atoms with Gasteiger partial charge in [-0.25, -0.2) is 10.0 Å². The van der Waals surface area contributed by atoms with E-state index in [0.717, 1.165) is 42.9 Å². The lowest BCUT2D eigenvalue weighted by Gasteiger charge is -2.33. The molecule has 4 heteroatoms. The molecule has 0 aliphatic carbocycles. The van der Waals surface area contributed by atoms with Crippen LogP contribution in [0.15, 0.2) is 54.6 Å². The van der Waals surface area contributed by atoms with Gasteiger partial charge in [-0.1, -0.05) is 62.4 Å². The zero-order valence-electron chi connectivity index (χ0n) is 16.3. The molecule has 0 aromatic heterocycles. The molecule has 0 bridgehead atoms. The van der Waals surface area contributed by atoms with Crippen molar-refractivity contribution in [1.82, 2.24) is 9.91 Å². The molecule has 2 aromatic carbocycles. The Kier molecular flexibility index (Phi) is 5.44. The Morgan fingerprint density at radius 2 is 1.54 bits per heavy atom. The van der Waals surface area contributed by atoms with E-state index in [1.165, 1.54) is 0 Å². The molecule has 26 heavy (non-hydrogen) atoms. The number of nitrogens with zero attached hydrogens (tertiary/aromatic N) is 3. The lowest BCUT2D eigenvalue weighted by Crippen LogP contribution is -2.48. The summed E-state index contributed by atoms with van der Waals surface area (Å²) in [5.41, 5.74) is 2.54. The standard InChI is InChI=1S/C22H29N3O/c1-5-24(6-2)17-16-22(18-12-8-7-9-13-18)19-14-10-11-15-20(19)25(21(22)26)23(3)4/h7-15H,5-6,16-17H2,1-4H3. The molecule has 1 amide bonds. The second-order valence-corrected chi connectivity index (χ2v) is 7.03. The first-order valence-corrected chi connectivity index (χ1v) is 9.45. The molecular weight excluding hydrogens is 322 g/mol. The van der Waals surface area contributed by atoms with Gasteiger partial charge >= 0.3 is 0 Å². The van der Waals surface area contributed by atoms with Crippen LogP contribution in [0.3, 0.4) is 0 Å². The fourth-order valence-corrected chi connectivity index (χ4v) is 4.07. The van der Waals surface area contributed by atoms with Gasteiger partial charge in [0.2, 0.25) is 0 Å². The molecule has 0 N–H and O–H groups in total. The minimum atomic E-state index is -0.634. The van der Waals surface area contributed by atoms with Crippen molar-refractivity contribution in [2.24, 2.45) is 0 Å². The molecule has 4 nitrogen and oxygen atoms in total. The maximum atomic E-state index is 13.8. The van der Waals surface area contributed by atoms with Gasteiger partial charge in [0, 0.05) is 14.1 Å². The van der Waals surface area contributed by atoms with Crippen LogP contribution in [0.5, 0.6) is 0 Å². The maximum absolute atomic E-state index is 13.8. The average Bonchev–Trinajstić information content (AvgIpc) is 2.92. The number of hydrogen-bond donors (Lipinski definition) is 0. The van der Waals surface area contributed by atoms with Gasteiger partial charge in [-0.3, -0.25) is 4.79 Å². The van der Waals surface area contributed by atoms with Crippen molar-refractivity contribution in [3.63, 3.8) is 0 Å². The van der Waals surface area contributed by atoms with Gasteiger partial charge in [-0.2, -0.15) is 0 Å². The van der Waals surface area contributed by atoms with E-state index in [0.29, 0.717) is 0 Å². The van der Waals surface area contributed by atoms with Crippen LogP contribution >= 0.6 is 0 Å². The predicted molar refractivity (Wildman–Crippen MR) is 107 cm³/mol. The van der Waals surface area contributed by atoms with Crippen molar-refractivity contribution in [2.45, 2.75) is 25.7 Å². The fourth-order valence-electron chi connectivity index (χ4n) is 4.07. The van der Waals surface area contributed by atoms with Gasteiger partial charge in [0.25, 0.3) is 5.91 Å². The average molecular weight is 351 g/mol. The number of para-hydroxylation sites is 1. The second-order valence-electron chi connectivity index (χ2n) is 7.03. The summed E-state index contributed by atoms with van der Waals surface area (Å²) in [5, 5.41) is 3.72. The maximum Gasteiger partial charge on any atom is 0.256 e. The van der Waals surface area contributed by atoms with Crippen LogP contribution < -0.4 is 5.01 Å². The molecule has 138 valence electrons. The summed E-state index contributed by atoms with van der Waals surface area (Å²) in [7, 11) is 3.86. The van der Waals surface area contributed by atoms with Gasteiger partial charge in [-0.15, -0.1) is 0 Å². The first-order chi connectivity index (χ1) is 12.6. The van der Waals surface area contributed by atoms with E-state index in [4.69, 9.17) is 0 Å². The van der Waals surface area contributed by atoms with E-state index in [1.807, 2.05) is 54.4 Å². The Bertz CT molecular complexity index is 755. The topological polar surface area (TPSA) is 26.8 Å². The number of rotatable bonds is 7. The molecule has 1 heterocycles. The molecule has 1 aliphatic heterocycles. The summed E-state index contributed by atoms with van der Waals surface area (Å²) in [6, 6.07) is 18.5. The largest absolute Gasteiger partial charge is 0.304 e. The van der Waals surface area contributed by atoms with Crippen molar-refractivity contribution in [1.29, 1.82) is 0 Å². The van der Waals surface area contributed by atoms with Crippen LogP contribution in [0.2, 0.25) is 0 Å². The summed E-state index contributed by atoms with van der Waals surface area (Å²) in [4.78, 5) is 16.2. The minimum Gasteiger partial charge on any atom is -0.304 e. The number of carbonyl (C=O) groups excluding carboxylic acids is 1. The molecule has 1 aliphatic rings. The molecule has 0 fully saturated rings. The highest BCUT2D eigenvalue weighted by Gasteiger charge is 2.52. The third-order valence-corrected chi connectivity index (χ3v) is 5.51.